The molecule has 1 rings (SSSR count). The number of nitrogens with one attached hydrogen (secondary N) is 1. The van der Waals surface area contributed by atoms with E-state index in [0.29, 0.717) is 19.7 Å². The van der Waals surface area contributed by atoms with Crippen LogP contribution in [0, 0.1) is 0 Å². The maximum Gasteiger partial charge on any atom is 0.406 e. The van der Waals surface area contributed by atoms with Crippen LogP contribution in [0.4, 0.5) is 13.2 Å². The number of carbonyl (C=O) groups is 2. The molecule has 0 saturated carbocycles. The summed E-state index contributed by atoms with van der Waals surface area (Å²) in [6.45, 7) is -1.20. The van der Waals surface area contributed by atoms with E-state index in [2.05, 4.69) is 5.32 Å². The number of morpholine rings is 1. The van der Waals surface area contributed by atoms with Gasteiger partial charge >= 0.3 is 12.1 Å². The lowest BCUT2D eigenvalue weighted by molar-refractivity contribution is -0.167. The van der Waals surface area contributed by atoms with Crippen LogP contribution in [0.2, 0.25) is 0 Å². The molecule has 19 heavy (non-hydrogen) atoms. The fourth-order valence-electron chi connectivity index (χ4n) is 1.69. The van der Waals surface area contributed by atoms with E-state index in [4.69, 9.17) is 9.84 Å². The summed E-state index contributed by atoms with van der Waals surface area (Å²) in [6.07, 6.45) is -5.42. The first-order valence-corrected chi connectivity index (χ1v) is 5.66. The summed E-state index contributed by atoms with van der Waals surface area (Å²) in [4.78, 5) is 22.4. The van der Waals surface area contributed by atoms with Crippen molar-refractivity contribution < 1.29 is 32.6 Å². The number of rotatable bonds is 5. The number of hydrogen-bond acceptors (Lipinski definition) is 4. The smallest absolute Gasteiger partial charge is 0.406 e. The number of halogens is 3. The average molecular weight is 284 g/mol. The second-order valence-electron chi connectivity index (χ2n) is 4.16. The zero-order chi connectivity index (χ0) is 14.5. The third-order valence-electron chi connectivity index (χ3n) is 2.46. The molecular weight excluding hydrogens is 269 g/mol. The molecule has 1 atom stereocenters. The van der Waals surface area contributed by atoms with E-state index in [0.717, 1.165) is 0 Å². The van der Waals surface area contributed by atoms with Gasteiger partial charge in [0.2, 0.25) is 5.91 Å². The summed E-state index contributed by atoms with van der Waals surface area (Å²) in [6, 6.07) is 0. The van der Waals surface area contributed by atoms with Gasteiger partial charge in [0, 0.05) is 13.1 Å². The fourth-order valence-corrected chi connectivity index (χ4v) is 1.69. The molecule has 1 amide bonds. The van der Waals surface area contributed by atoms with Crippen LogP contribution in [0.1, 0.15) is 6.42 Å². The Hall–Kier alpha value is -1.35. The minimum absolute atomic E-state index is 0.268. The highest BCUT2D eigenvalue weighted by Gasteiger charge is 2.34. The molecule has 0 bridgehead atoms. The normalized spacial score (nSPS) is 20.1. The zero-order valence-corrected chi connectivity index (χ0v) is 10.1. The standard InChI is InChI=1S/C10H15F3N2O4/c11-10(12,13)6-15(5-9(17)18)8(16)3-7-4-14-1-2-19-7/h7,14H,1-6H2,(H,17,18). The lowest BCUT2D eigenvalue weighted by Crippen LogP contribution is -2.46. The Morgan fingerprint density at radius 3 is 2.58 bits per heavy atom. The van der Waals surface area contributed by atoms with Crippen LogP contribution >= 0.6 is 0 Å². The first-order valence-electron chi connectivity index (χ1n) is 5.66. The van der Waals surface area contributed by atoms with E-state index in [1.165, 1.54) is 0 Å². The highest BCUT2D eigenvalue weighted by molar-refractivity contribution is 5.81. The van der Waals surface area contributed by atoms with Crippen molar-refractivity contribution in [3.8, 4) is 0 Å². The van der Waals surface area contributed by atoms with Gasteiger partial charge in [-0.2, -0.15) is 13.2 Å². The van der Waals surface area contributed by atoms with Gasteiger partial charge in [-0.15, -0.1) is 0 Å². The van der Waals surface area contributed by atoms with Gasteiger partial charge in [-0.1, -0.05) is 0 Å². The summed E-state index contributed by atoms with van der Waals surface area (Å²) in [7, 11) is 0. The monoisotopic (exact) mass is 284 g/mol. The Kier molecular flexibility index (Phi) is 5.55. The van der Waals surface area contributed by atoms with Crippen molar-refractivity contribution in [1.82, 2.24) is 10.2 Å². The predicted octanol–water partition coefficient (Wildman–Crippen LogP) is -0.160. The van der Waals surface area contributed by atoms with Crippen molar-refractivity contribution in [2.75, 3.05) is 32.8 Å². The number of carbonyl (C=O) groups excluding carboxylic acids is 1. The van der Waals surface area contributed by atoms with Gasteiger partial charge < -0.3 is 20.1 Å². The Balaban J connectivity index is 2.56. The van der Waals surface area contributed by atoms with Crippen LogP contribution in [-0.2, 0) is 14.3 Å². The highest BCUT2D eigenvalue weighted by Crippen LogP contribution is 2.17. The Morgan fingerprint density at radius 1 is 1.42 bits per heavy atom. The summed E-state index contributed by atoms with van der Waals surface area (Å²) in [5, 5.41) is 11.5. The number of carboxylic acid groups (broad SMARTS) is 1. The topological polar surface area (TPSA) is 78.9 Å². The number of aliphatic carboxylic acids is 1. The lowest BCUT2D eigenvalue weighted by atomic mass is 10.2. The van der Waals surface area contributed by atoms with Crippen molar-refractivity contribution in [2.45, 2.75) is 18.7 Å². The molecule has 0 aromatic rings. The van der Waals surface area contributed by atoms with Crippen molar-refractivity contribution in [3.05, 3.63) is 0 Å². The molecule has 1 aliphatic rings. The van der Waals surface area contributed by atoms with Gasteiger partial charge in [-0.3, -0.25) is 9.59 Å². The molecule has 2 N–H and O–H groups in total. The number of nitrogens with zero attached hydrogens (tertiary/aromatic N) is 1. The molecule has 0 aliphatic carbocycles. The Labute approximate surface area is 107 Å². The van der Waals surface area contributed by atoms with Crippen LogP contribution in [0.15, 0.2) is 0 Å². The second-order valence-corrected chi connectivity index (χ2v) is 4.16. The van der Waals surface area contributed by atoms with E-state index in [1.54, 1.807) is 0 Å². The van der Waals surface area contributed by atoms with Crippen LogP contribution < -0.4 is 5.32 Å². The van der Waals surface area contributed by atoms with Crippen LogP contribution in [0.5, 0.6) is 0 Å². The molecule has 0 aromatic carbocycles. The largest absolute Gasteiger partial charge is 0.480 e. The molecule has 1 heterocycles. The van der Waals surface area contributed by atoms with E-state index < -0.39 is 37.2 Å². The van der Waals surface area contributed by atoms with Gasteiger partial charge in [0.25, 0.3) is 0 Å². The highest BCUT2D eigenvalue weighted by atomic mass is 19.4. The average Bonchev–Trinajstić information content (AvgIpc) is 2.27. The molecule has 1 unspecified atom stereocenters. The summed E-state index contributed by atoms with van der Waals surface area (Å²) in [5.41, 5.74) is 0. The van der Waals surface area contributed by atoms with Gasteiger partial charge in [0.05, 0.1) is 19.1 Å². The van der Waals surface area contributed by atoms with Crippen LogP contribution in [0.3, 0.4) is 0 Å². The molecule has 0 radical (unpaired) electrons. The maximum atomic E-state index is 12.3. The summed E-state index contributed by atoms with van der Waals surface area (Å²) >= 11 is 0. The third-order valence-corrected chi connectivity index (χ3v) is 2.46. The molecule has 1 fully saturated rings. The quantitative estimate of drug-likeness (QED) is 0.733. The fraction of sp³-hybridized carbons (Fsp3) is 0.800. The van der Waals surface area contributed by atoms with E-state index in [9.17, 15) is 22.8 Å². The number of carboxylic acids is 1. The summed E-state index contributed by atoms with van der Waals surface area (Å²) in [5.74, 6) is -2.37. The molecule has 0 aromatic heterocycles. The van der Waals surface area contributed by atoms with Gasteiger partial charge in [-0.25, -0.2) is 0 Å². The first-order chi connectivity index (χ1) is 8.78. The van der Waals surface area contributed by atoms with E-state index in [1.807, 2.05) is 0 Å². The first kappa shape index (κ1) is 15.7. The minimum atomic E-state index is -4.63. The molecular formula is C10H15F3N2O4. The molecule has 0 spiro atoms. The lowest BCUT2D eigenvalue weighted by Gasteiger charge is -2.27. The summed E-state index contributed by atoms with van der Waals surface area (Å²) < 4.78 is 42.0. The maximum absolute atomic E-state index is 12.3. The number of amides is 1. The molecule has 9 heteroatoms. The number of ether oxygens (including phenoxy) is 1. The van der Waals surface area contributed by atoms with E-state index >= 15 is 0 Å². The molecule has 1 aliphatic heterocycles. The minimum Gasteiger partial charge on any atom is -0.480 e. The van der Waals surface area contributed by atoms with E-state index in [-0.39, 0.29) is 11.3 Å². The Morgan fingerprint density at radius 2 is 2.11 bits per heavy atom. The van der Waals surface area contributed by atoms with Gasteiger partial charge in [0.15, 0.2) is 0 Å². The number of hydrogen-bond donors (Lipinski definition) is 2. The van der Waals surface area contributed by atoms with Crippen LogP contribution in [-0.4, -0.2) is 66.9 Å². The van der Waals surface area contributed by atoms with Crippen molar-refractivity contribution in [3.63, 3.8) is 0 Å². The van der Waals surface area contributed by atoms with Crippen molar-refractivity contribution in [2.24, 2.45) is 0 Å². The molecule has 110 valence electrons. The predicted molar refractivity (Wildman–Crippen MR) is 57.5 cm³/mol. The second kappa shape index (κ2) is 6.71. The van der Waals surface area contributed by atoms with Gasteiger partial charge in [0.1, 0.15) is 13.1 Å². The van der Waals surface area contributed by atoms with Crippen LogP contribution in [0.25, 0.3) is 0 Å². The zero-order valence-electron chi connectivity index (χ0n) is 10.1. The number of alkyl halides is 3. The van der Waals surface area contributed by atoms with Crippen molar-refractivity contribution in [1.29, 1.82) is 0 Å². The Bertz CT molecular complexity index is 329. The molecule has 6 nitrogen and oxygen atoms in total. The molecule has 1 saturated heterocycles. The van der Waals surface area contributed by atoms with Crippen molar-refractivity contribution >= 4 is 11.9 Å². The third kappa shape index (κ3) is 6.39. The SMILES string of the molecule is O=C(O)CN(CC(F)(F)F)C(=O)CC1CNCCO1. The van der Waals surface area contributed by atoms with Gasteiger partial charge in [-0.05, 0) is 0 Å².